The molecule has 0 spiro atoms. The maximum atomic E-state index is 13.0. The Bertz CT molecular complexity index is 632. The van der Waals surface area contributed by atoms with Crippen LogP contribution in [0.5, 0.6) is 0 Å². The summed E-state index contributed by atoms with van der Waals surface area (Å²) in [6, 6.07) is 3.79. The molecule has 0 saturated heterocycles. The van der Waals surface area contributed by atoms with Crippen molar-refractivity contribution in [1.29, 1.82) is 5.26 Å². The third kappa shape index (κ3) is 1.50. The van der Waals surface area contributed by atoms with Gasteiger partial charge in [0.05, 0.1) is 21.8 Å². The molecular weight excluding hydrogens is 234 g/mol. The molecule has 0 atom stereocenters. The zero-order valence-electron chi connectivity index (χ0n) is 8.18. The Kier molecular flexibility index (Phi) is 2.49. The lowest BCUT2D eigenvalue weighted by atomic mass is 10.1. The van der Waals surface area contributed by atoms with E-state index < -0.39 is 11.6 Å². The Hall–Kier alpha value is -1.73. The predicted octanol–water partition coefficient (Wildman–Crippen LogP) is 3.35. The van der Waals surface area contributed by atoms with E-state index in [-0.39, 0.29) is 21.5 Å². The molecule has 1 aromatic heterocycles. The largest absolute Gasteiger partial charge is 0.252 e. The maximum absolute atomic E-state index is 13.0. The summed E-state index contributed by atoms with van der Waals surface area (Å²) in [6.07, 6.45) is 0. The molecule has 0 N–H and O–H groups in total. The fourth-order valence-electron chi connectivity index (χ4n) is 1.46. The number of hydrogen-bond acceptors (Lipinski definition) is 2. The standard InChI is InChI=1S/C11H5ClF2N2/c1-5-7(4-15)11(12)6-2-8(13)9(14)3-10(6)16-5/h2-3H,1H3. The molecule has 0 aliphatic heterocycles. The fourth-order valence-corrected chi connectivity index (χ4v) is 1.80. The van der Waals surface area contributed by atoms with Crippen LogP contribution in [0.25, 0.3) is 10.9 Å². The molecule has 1 heterocycles. The van der Waals surface area contributed by atoms with Crippen LogP contribution in [0.3, 0.4) is 0 Å². The van der Waals surface area contributed by atoms with Crippen molar-refractivity contribution in [3.05, 3.63) is 40.0 Å². The second-order valence-electron chi connectivity index (χ2n) is 3.28. The van der Waals surface area contributed by atoms with Crippen LogP contribution in [0.4, 0.5) is 8.78 Å². The van der Waals surface area contributed by atoms with Crippen molar-refractivity contribution in [2.45, 2.75) is 6.92 Å². The van der Waals surface area contributed by atoms with Gasteiger partial charge in [-0.1, -0.05) is 11.6 Å². The van der Waals surface area contributed by atoms with Crippen LogP contribution in [0.2, 0.25) is 5.02 Å². The molecule has 1 aromatic carbocycles. The number of rotatable bonds is 0. The Morgan fingerprint density at radius 3 is 2.56 bits per heavy atom. The topological polar surface area (TPSA) is 36.7 Å². The zero-order chi connectivity index (χ0) is 11.9. The van der Waals surface area contributed by atoms with Gasteiger partial charge in [-0.25, -0.2) is 8.78 Å². The molecular formula is C11H5ClF2N2. The minimum Gasteiger partial charge on any atom is -0.252 e. The number of aryl methyl sites for hydroxylation is 1. The SMILES string of the molecule is Cc1nc2cc(F)c(F)cc2c(Cl)c1C#N. The number of fused-ring (bicyclic) bond motifs is 1. The third-order valence-electron chi connectivity index (χ3n) is 2.26. The number of nitriles is 1. The molecule has 5 heteroatoms. The van der Waals surface area contributed by atoms with Gasteiger partial charge in [0.15, 0.2) is 11.6 Å². The number of nitrogens with zero attached hydrogens (tertiary/aromatic N) is 2. The van der Waals surface area contributed by atoms with Crippen molar-refractivity contribution in [1.82, 2.24) is 4.98 Å². The van der Waals surface area contributed by atoms with Crippen LogP contribution >= 0.6 is 11.6 Å². The summed E-state index contributed by atoms with van der Waals surface area (Å²) in [4.78, 5) is 4.00. The number of benzene rings is 1. The molecule has 2 rings (SSSR count). The Balaban J connectivity index is 2.95. The van der Waals surface area contributed by atoms with Crippen molar-refractivity contribution in [2.75, 3.05) is 0 Å². The van der Waals surface area contributed by atoms with Crippen molar-refractivity contribution < 1.29 is 8.78 Å². The smallest absolute Gasteiger partial charge is 0.161 e. The summed E-state index contributed by atoms with van der Waals surface area (Å²) in [7, 11) is 0. The van der Waals surface area contributed by atoms with Crippen LogP contribution in [-0.2, 0) is 0 Å². The summed E-state index contributed by atoms with van der Waals surface area (Å²) in [5, 5.41) is 9.18. The lowest BCUT2D eigenvalue weighted by Crippen LogP contribution is -1.94. The molecule has 0 bridgehead atoms. The number of halogens is 3. The van der Waals surface area contributed by atoms with Gasteiger partial charge >= 0.3 is 0 Å². The molecule has 2 aromatic rings. The molecule has 2 nitrogen and oxygen atoms in total. The molecule has 0 radical (unpaired) electrons. The van der Waals surface area contributed by atoms with Gasteiger partial charge in [-0.2, -0.15) is 5.26 Å². The first kappa shape index (κ1) is 10.8. The van der Waals surface area contributed by atoms with E-state index in [4.69, 9.17) is 16.9 Å². The second-order valence-corrected chi connectivity index (χ2v) is 3.66. The maximum Gasteiger partial charge on any atom is 0.161 e. The van der Waals surface area contributed by atoms with Crippen LogP contribution in [-0.4, -0.2) is 4.98 Å². The van der Waals surface area contributed by atoms with E-state index in [9.17, 15) is 8.78 Å². The summed E-state index contributed by atoms with van der Waals surface area (Å²) in [5.74, 6) is -2.00. The van der Waals surface area contributed by atoms with E-state index in [1.807, 2.05) is 6.07 Å². The highest BCUT2D eigenvalue weighted by molar-refractivity contribution is 6.36. The highest BCUT2D eigenvalue weighted by atomic mass is 35.5. The van der Waals surface area contributed by atoms with Gasteiger partial charge in [-0.3, -0.25) is 4.98 Å². The number of hydrogen-bond donors (Lipinski definition) is 0. The fraction of sp³-hybridized carbons (Fsp3) is 0.0909. The first-order valence-electron chi connectivity index (χ1n) is 4.39. The van der Waals surface area contributed by atoms with Gasteiger partial charge in [-0.05, 0) is 13.0 Å². The van der Waals surface area contributed by atoms with Gasteiger partial charge in [0.25, 0.3) is 0 Å². The van der Waals surface area contributed by atoms with Crippen molar-refractivity contribution >= 4 is 22.5 Å². The highest BCUT2D eigenvalue weighted by Gasteiger charge is 2.13. The van der Waals surface area contributed by atoms with Gasteiger partial charge < -0.3 is 0 Å². The van der Waals surface area contributed by atoms with E-state index >= 15 is 0 Å². The van der Waals surface area contributed by atoms with E-state index in [0.717, 1.165) is 12.1 Å². The normalized spacial score (nSPS) is 10.4. The second kappa shape index (κ2) is 3.69. The van der Waals surface area contributed by atoms with Crippen LogP contribution in [0.1, 0.15) is 11.3 Å². The highest BCUT2D eigenvalue weighted by Crippen LogP contribution is 2.28. The van der Waals surface area contributed by atoms with Crippen molar-refractivity contribution in [2.24, 2.45) is 0 Å². The lowest BCUT2D eigenvalue weighted by molar-refractivity contribution is 0.510. The number of pyridine rings is 1. The Morgan fingerprint density at radius 2 is 1.94 bits per heavy atom. The van der Waals surface area contributed by atoms with Crippen molar-refractivity contribution in [3.8, 4) is 6.07 Å². The monoisotopic (exact) mass is 238 g/mol. The minimum atomic E-state index is -1.01. The molecule has 0 aliphatic carbocycles. The molecule has 16 heavy (non-hydrogen) atoms. The van der Waals surface area contributed by atoms with E-state index in [2.05, 4.69) is 4.98 Å². The third-order valence-corrected chi connectivity index (χ3v) is 2.65. The lowest BCUT2D eigenvalue weighted by Gasteiger charge is -2.05. The summed E-state index contributed by atoms with van der Waals surface area (Å²) >= 11 is 5.92. The van der Waals surface area contributed by atoms with E-state index in [1.165, 1.54) is 0 Å². The van der Waals surface area contributed by atoms with E-state index in [0.29, 0.717) is 5.69 Å². The molecule has 0 amide bonds. The average Bonchev–Trinajstić information content (AvgIpc) is 2.22. The van der Waals surface area contributed by atoms with E-state index in [1.54, 1.807) is 6.92 Å². The van der Waals surface area contributed by atoms with Gasteiger partial charge in [-0.15, -0.1) is 0 Å². The minimum absolute atomic E-state index is 0.101. The molecule has 0 fully saturated rings. The van der Waals surface area contributed by atoms with Crippen LogP contribution < -0.4 is 0 Å². The zero-order valence-corrected chi connectivity index (χ0v) is 8.94. The first-order valence-corrected chi connectivity index (χ1v) is 4.77. The summed E-state index contributed by atoms with van der Waals surface area (Å²) < 4.78 is 26.0. The molecule has 0 unspecified atom stereocenters. The van der Waals surface area contributed by atoms with Gasteiger partial charge in [0.1, 0.15) is 6.07 Å². The summed E-state index contributed by atoms with van der Waals surface area (Å²) in [6.45, 7) is 1.59. The van der Waals surface area contributed by atoms with Crippen LogP contribution in [0.15, 0.2) is 12.1 Å². The Labute approximate surface area is 95.1 Å². The van der Waals surface area contributed by atoms with Gasteiger partial charge in [0, 0.05) is 11.5 Å². The van der Waals surface area contributed by atoms with Crippen molar-refractivity contribution in [3.63, 3.8) is 0 Å². The Morgan fingerprint density at radius 1 is 1.31 bits per heavy atom. The summed E-state index contributed by atoms with van der Waals surface area (Å²) in [5.41, 5.74) is 0.812. The van der Waals surface area contributed by atoms with Crippen LogP contribution in [0, 0.1) is 29.9 Å². The molecule has 80 valence electrons. The molecule has 0 saturated carbocycles. The quantitative estimate of drug-likeness (QED) is 0.706. The first-order chi connectivity index (χ1) is 7.54. The predicted molar refractivity (Wildman–Crippen MR) is 56.1 cm³/mol. The molecule has 0 aliphatic rings. The average molecular weight is 239 g/mol. The van der Waals surface area contributed by atoms with Gasteiger partial charge in [0.2, 0.25) is 0 Å². The number of aromatic nitrogens is 1.